The summed E-state index contributed by atoms with van der Waals surface area (Å²) in [7, 11) is 0. The van der Waals surface area contributed by atoms with E-state index < -0.39 is 0 Å². The molecule has 1 aliphatic carbocycles. The Morgan fingerprint density at radius 1 is 1.42 bits per heavy atom. The highest BCUT2D eigenvalue weighted by atomic mass is 16.7. The van der Waals surface area contributed by atoms with E-state index in [1.54, 1.807) is 0 Å². The van der Waals surface area contributed by atoms with E-state index in [4.69, 9.17) is 9.47 Å². The molecule has 2 heteroatoms. The SMILES string of the molecule is CCC1=CCCCC12OCCO2. The molecule has 68 valence electrons. The quantitative estimate of drug-likeness (QED) is 0.559. The monoisotopic (exact) mass is 168 g/mol. The van der Waals surface area contributed by atoms with Gasteiger partial charge in [0, 0.05) is 6.42 Å². The van der Waals surface area contributed by atoms with Gasteiger partial charge in [0.05, 0.1) is 13.2 Å². The van der Waals surface area contributed by atoms with Crippen molar-refractivity contribution < 1.29 is 9.47 Å². The summed E-state index contributed by atoms with van der Waals surface area (Å²) in [6.45, 7) is 3.69. The number of hydrogen-bond donors (Lipinski definition) is 0. The molecule has 12 heavy (non-hydrogen) atoms. The van der Waals surface area contributed by atoms with Crippen LogP contribution in [0.3, 0.4) is 0 Å². The summed E-state index contributed by atoms with van der Waals surface area (Å²) < 4.78 is 11.4. The van der Waals surface area contributed by atoms with Gasteiger partial charge in [-0.25, -0.2) is 0 Å². The Morgan fingerprint density at radius 2 is 2.17 bits per heavy atom. The Morgan fingerprint density at radius 3 is 2.83 bits per heavy atom. The molecule has 2 nitrogen and oxygen atoms in total. The van der Waals surface area contributed by atoms with Gasteiger partial charge >= 0.3 is 0 Å². The van der Waals surface area contributed by atoms with Crippen LogP contribution in [-0.4, -0.2) is 19.0 Å². The van der Waals surface area contributed by atoms with Crippen molar-refractivity contribution in [2.45, 2.75) is 38.4 Å². The van der Waals surface area contributed by atoms with Crippen LogP contribution in [0.1, 0.15) is 32.6 Å². The van der Waals surface area contributed by atoms with Crippen LogP contribution >= 0.6 is 0 Å². The van der Waals surface area contributed by atoms with Crippen molar-refractivity contribution in [2.75, 3.05) is 13.2 Å². The summed E-state index contributed by atoms with van der Waals surface area (Å²) in [5.74, 6) is -0.299. The maximum Gasteiger partial charge on any atom is 0.190 e. The Kier molecular flexibility index (Phi) is 2.20. The van der Waals surface area contributed by atoms with Gasteiger partial charge in [0.1, 0.15) is 0 Å². The van der Waals surface area contributed by atoms with Crippen LogP contribution in [0.2, 0.25) is 0 Å². The highest BCUT2D eigenvalue weighted by molar-refractivity contribution is 5.17. The molecule has 0 unspecified atom stereocenters. The average molecular weight is 168 g/mol. The highest BCUT2D eigenvalue weighted by Crippen LogP contribution is 2.38. The zero-order valence-corrected chi connectivity index (χ0v) is 7.64. The van der Waals surface area contributed by atoms with Gasteiger partial charge in [0.15, 0.2) is 5.79 Å². The van der Waals surface area contributed by atoms with Crippen LogP contribution in [0.15, 0.2) is 11.6 Å². The summed E-state index contributed by atoms with van der Waals surface area (Å²) in [4.78, 5) is 0. The molecule has 0 aromatic carbocycles. The third kappa shape index (κ3) is 1.19. The van der Waals surface area contributed by atoms with Gasteiger partial charge in [-0.15, -0.1) is 0 Å². The van der Waals surface area contributed by atoms with Crippen LogP contribution in [0.25, 0.3) is 0 Å². The lowest BCUT2D eigenvalue weighted by Gasteiger charge is -2.32. The first-order valence-electron chi connectivity index (χ1n) is 4.85. The van der Waals surface area contributed by atoms with Crippen molar-refractivity contribution in [1.82, 2.24) is 0 Å². The Balaban J connectivity index is 2.20. The maximum absolute atomic E-state index is 5.69. The molecule has 1 aliphatic heterocycles. The zero-order chi connectivity index (χ0) is 8.44. The third-order valence-corrected chi connectivity index (χ3v) is 2.72. The summed E-state index contributed by atoms with van der Waals surface area (Å²) in [6, 6.07) is 0. The van der Waals surface area contributed by atoms with Crippen molar-refractivity contribution in [1.29, 1.82) is 0 Å². The Hall–Kier alpha value is -0.340. The Labute approximate surface area is 73.5 Å². The lowest BCUT2D eigenvalue weighted by atomic mass is 9.91. The molecule has 2 rings (SSSR count). The molecule has 1 spiro atoms. The molecule has 1 fully saturated rings. The predicted molar refractivity (Wildman–Crippen MR) is 46.9 cm³/mol. The fourth-order valence-corrected chi connectivity index (χ4v) is 2.13. The predicted octanol–water partition coefficient (Wildman–Crippen LogP) is 2.25. The van der Waals surface area contributed by atoms with Crippen LogP contribution in [-0.2, 0) is 9.47 Å². The fraction of sp³-hybridized carbons (Fsp3) is 0.800. The number of hydrogen-bond acceptors (Lipinski definition) is 2. The lowest BCUT2D eigenvalue weighted by molar-refractivity contribution is -0.136. The molecule has 2 aliphatic rings. The first-order chi connectivity index (χ1) is 5.87. The smallest absolute Gasteiger partial charge is 0.190 e. The van der Waals surface area contributed by atoms with Crippen molar-refractivity contribution in [3.8, 4) is 0 Å². The summed E-state index contributed by atoms with van der Waals surface area (Å²) in [5.41, 5.74) is 1.35. The molecule has 0 aromatic rings. The molecule has 0 saturated carbocycles. The average Bonchev–Trinajstić information content (AvgIpc) is 2.55. The van der Waals surface area contributed by atoms with Crippen LogP contribution in [0.5, 0.6) is 0 Å². The second kappa shape index (κ2) is 3.19. The number of allylic oxidation sites excluding steroid dienone is 1. The van der Waals surface area contributed by atoms with Gasteiger partial charge in [-0.2, -0.15) is 0 Å². The first kappa shape index (κ1) is 8.27. The van der Waals surface area contributed by atoms with E-state index >= 15 is 0 Å². The van der Waals surface area contributed by atoms with Gasteiger partial charge in [0.2, 0.25) is 0 Å². The van der Waals surface area contributed by atoms with E-state index in [9.17, 15) is 0 Å². The van der Waals surface area contributed by atoms with Crippen LogP contribution in [0, 0.1) is 0 Å². The summed E-state index contributed by atoms with van der Waals surface area (Å²) in [6.07, 6.45) is 6.78. The minimum atomic E-state index is -0.299. The van der Waals surface area contributed by atoms with E-state index in [1.165, 1.54) is 18.4 Å². The van der Waals surface area contributed by atoms with E-state index in [1.807, 2.05) is 0 Å². The van der Waals surface area contributed by atoms with Gasteiger partial charge in [-0.3, -0.25) is 0 Å². The Bertz CT molecular complexity index is 190. The van der Waals surface area contributed by atoms with E-state index in [0.29, 0.717) is 0 Å². The minimum absolute atomic E-state index is 0.299. The molecular weight excluding hydrogens is 152 g/mol. The molecular formula is C10H16O2. The topological polar surface area (TPSA) is 18.5 Å². The lowest BCUT2D eigenvalue weighted by Crippen LogP contribution is -2.34. The molecule has 0 amide bonds. The second-order valence-electron chi connectivity index (χ2n) is 3.42. The highest BCUT2D eigenvalue weighted by Gasteiger charge is 2.40. The number of ether oxygens (including phenoxy) is 2. The fourth-order valence-electron chi connectivity index (χ4n) is 2.13. The maximum atomic E-state index is 5.69. The normalized spacial score (nSPS) is 27.6. The molecule has 0 N–H and O–H groups in total. The largest absolute Gasteiger partial charge is 0.344 e. The molecule has 0 aromatic heterocycles. The van der Waals surface area contributed by atoms with Gasteiger partial charge in [-0.1, -0.05) is 13.0 Å². The van der Waals surface area contributed by atoms with Crippen molar-refractivity contribution >= 4 is 0 Å². The van der Waals surface area contributed by atoms with Gasteiger partial charge in [-0.05, 0) is 24.8 Å². The van der Waals surface area contributed by atoms with Crippen molar-refractivity contribution in [3.05, 3.63) is 11.6 Å². The molecule has 0 bridgehead atoms. The van der Waals surface area contributed by atoms with E-state index in [2.05, 4.69) is 13.0 Å². The number of rotatable bonds is 1. The summed E-state index contributed by atoms with van der Waals surface area (Å²) >= 11 is 0. The minimum Gasteiger partial charge on any atom is -0.344 e. The van der Waals surface area contributed by atoms with Crippen molar-refractivity contribution in [3.63, 3.8) is 0 Å². The van der Waals surface area contributed by atoms with Gasteiger partial charge in [0.25, 0.3) is 0 Å². The van der Waals surface area contributed by atoms with E-state index in [0.717, 1.165) is 26.1 Å². The molecule has 0 radical (unpaired) electrons. The summed E-state index contributed by atoms with van der Waals surface area (Å²) in [5, 5.41) is 0. The van der Waals surface area contributed by atoms with E-state index in [-0.39, 0.29) is 5.79 Å². The van der Waals surface area contributed by atoms with Crippen molar-refractivity contribution in [2.24, 2.45) is 0 Å². The first-order valence-corrected chi connectivity index (χ1v) is 4.85. The standard InChI is InChI=1S/C10H16O2/c1-2-9-5-3-4-6-10(9)11-7-8-12-10/h5H,2-4,6-8H2,1H3. The van der Waals surface area contributed by atoms with Gasteiger partial charge < -0.3 is 9.47 Å². The zero-order valence-electron chi connectivity index (χ0n) is 7.64. The molecule has 1 saturated heterocycles. The third-order valence-electron chi connectivity index (χ3n) is 2.72. The second-order valence-corrected chi connectivity index (χ2v) is 3.42. The van der Waals surface area contributed by atoms with Crippen LogP contribution in [0.4, 0.5) is 0 Å². The molecule has 0 atom stereocenters. The van der Waals surface area contributed by atoms with Crippen LogP contribution < -0.4 is 0 Å². The molecule has 1 heterocycles.